The number of aryl methyl sites for hydroxylation is 1. The fraction of sp³-hybridized carbons (Fsp3) is 0.400. The summed E-state index contributed by atoms with van der Waals surface area (Å²) >= 11 is 5.96. The summed E-state index contributed by atoms with van der Waals surface area (Å²) in [5.74, 6) is 0.459. The Kier molecular flexibility index (Phi) is 16.2. The summed E-state index contributed by atoms with van der Waals surface area (Å²) in [6.07, 6.45) is -0.164. The number of halogens is 4. The van der Waals surface area contributed by atoms with Crippen molar-refractivity contribution in [1.82, 2.24) is 5.32 Å². The van der Waals surface area contributed by atoms with Crippen LogP contribution in [0.5, 0.6) is 0 Å². The van der Waals surface area contributed by atoms with Crippen LogP contribution in [-0.2, 0) is 16.0 Å². The highest BCUT2D eigenvalue weighted by molar-refractivity contribution is 6.30. The Morgan fingerprint density at radius 3 is 2.21 bits per heavy atom. The smallest absolute Gasteiger partial charge is 0.417 e. The van der Waals surface area contributed by atoms with Crippen LogP contribution in [0.1, 0.15) is 57.2 Å². The number of rotatable bonds is 10. The van der Waals surface area contributed by atoms with Gasteiger partial charge in [0.05, 0.1) is 11.8 Å². The lowest BCUT2D eigenvalue weighted by Gasteiger charge is -2.25. The highest BCUT2D eigenvalue weighted by Crippen LogP contribution is 2.26. The monoisotopic (exact) mass is 552 g/mol. The molecular formula is C30H40ClF3N2O2. The molecule has 2 atom stereocenters. The lowest BCUT2D eigenvalue weighted by Crippen LogP contribution is -2.30. The zero-order valence-corrected chi connectivity index (χ0v) is 24.0. The first-order valence-electron chi connectivity index (χ1n) is 12.4. The first kappa shape index (κ1) is 35.1. The number of likely N-dealkylation sites (N-methyl/N-ethyl adjacent to an activating group) is 1. The van der Waals surface area contributed by atoms with E-state index in [9.17, 15) is 18.0 Å². The number of aldehydes is 1. The number of carbonyl (C=O) groups excluding carboxylic acids is 1. The van der Waals surface area contributed by atoms with Crippen molar-refractivity contribution in [2.24, 2.45) is 0 Å². The highest BCUT2D eigenvalue weighted by atomic mass is 35.5. The molecule has 8 heteroatoms. The van der Waals surface area contributed by atoms with Gasteiger partial charge >= 0.3 is 6.18 Å². The summed E-state index contributed by atoms with van der Waals surface area (Å²) < 4.78 is 41.1. The van der Waals surface area contributed by atoms with Gasteiger partial charge in [0, 0.05) is 23.2 Å². The number of hydrogen-bond donors (Lipinski definition) is 2. The van der Waals surface area contributed by atoms with Crippen LogP contribution >= 0.6 is 11.6 Å². The zero-order chi connectivity index (χ0) is 29.4. The minimum atomic E-state index is -4.56. The normalized spacial score (nSPS) is 13.4. The number of ether oxygens (including phenoxy) is 1. The maximum atomic E-state index is 12.1. The summed E-state index contributed by atoms with van der Waals surface area (Å²) in [5.41, 5.74) is 1.85. The molecule has 0 amide bonds. The van der Waals surface area contributed by atoms with Crippen molar-refractivity contribution in [3.05, 3.63) is 94.2 Å². The van der Waals surface area contributed by atoms with Crippen molar-refractivity contribution in [2.75, 3.05) is 7.05 Å². The fourth-order valence-corrected chi connectivity index (χ4v) is 3.30. The third-order valence-corrected chi connectivity index (χ3v) is 5.64. The Bertz CT molecular complexity index is 1030. The van der Waals surface area contributed by atoms with Gasteiger partial charge in [0.15, 0.2) is 11.9 Å². The van der Waals surface area contributed by atoms with Gasteiger partial charge < -0.3 is 15.5 Å². The van der Waals surface area contributed by atoms with E-state index in [0.29, 0.717) is 24.3 Å². The molecule has 38 heavy (non-hydrogen) atoms. The molecule has 2 unspecified atom stereocenters. The van der Waals surface area contributed by atoms with E-state index >= 15 is 0 Å². The van der Waals surface area contributed by atoms with Crippen LogP contribution in [-0.4, -0.2) is 37.4 Å². The molecule has 0 aliphatic heterocycles. The molecule has 0 aromatic heterocycles. The molecule has 210 valence electrons. The number of carbonyl (C=O) groups is 1. The van der Waals surface area contributed by atoms with Gasteiger partial charge in [-0.15, -0.1) is 0 Å². The molecule has 0 aliphatic carbocycles. The first-order valence-corrected chi connectivity index (χ1v) is 12.8. The van der Waals surface area contributed by atoms with Crippen molar-refractivity contribution in [2.45, 2.75) is 71.7 Å². The predicted molar refractivity (Wildman–Crippen MR) is 152 cm³/mol. The lowest BCUT2D eigenvalue weighted by atomic mass is 9.86. The van der Waals surface area contributed by atoms with Crippen LogP contribution in [0, 0.1) is 12.3 Å². The summed E-state index contributed by atoms with van der Waals surface area (Å²) in [7, 11) is 2.02. The number of nitrogens with one attached hydrogen (secondary N) is 2. The zero-order valence-electron chi connectivity index (χ0n) is 23.2. The summed E-state index contributed by atoms with van der Waals surface area (Å²) in [4.78, 5) is 10.4. The van der Waals surface area contributed by atoms with Crippen molar-refractivity contribution >= 4 is 24.1 Å². The standard InChI is InChI=1S/C18H22ClN.C10H12F3NO2.C2H6/c1-13-5-4-6-16(11-13)18(14(2)20-3)12-15-7-9-17(19)10-8-15;1-9(2,7-15)16-5-3-4-8(6-14)10(11,12)13;1-2/h4-11,14,18,20H,12H2,1-3H3;3-7,14H,1-2H3;1-2H3/b;5-3+,8-4+,14-6?;. The van der Waals surface area contributed by atoms with E-state index in [1.807, 2.05) is 33.0 Å². The Labute approximate surface area is 230 Å². The quantitative estimate of drug-likeness (QED) is 0.135. The number of benzene rings is 2. The Balaban J connectivity index is 0.000000694. The molecule has 0 spiro atoms. The number of allylic oxidation sites excluding steroid dienone is 3. The summed E-state index contributed by atoms with van der Waals surface area (Å²) in [6, 6.07) is 17.4. The molecule has 0 aliphatic rings. The topological polar surface area (TPSA) is 62.2 Å². The third kappa shape index (κ3) is 13.6. The van der Waals surface area contributed by atoms with Crippen LogP contribution in [0.15, 0.2) is 72.5 Å². The minimum Gasteiger partial charge on any atom is -0.488 e. The van der Waals surface area contributed by atoms with E-state index in [4.69, 9.17) is 21.7 Å². The van der Waals surface area contributed by atoms with Gasteiger partial charge in [0.2, 0.25) is 0 Å². The highest BCUT2D eigenvalue weighted by Gasteiger charge is 2.31. The molecule has 2 aromatic carbocycles. The molecule has 4 nitrogen and oxygen atoms in total. The van der Waals surface area contributed by atoms with E-state index in [1.165, 1.54) is 30.5 Å². The molecule has 2 aromatic rings. The van der Waals surface area contributed by atoms with E-state index in [-0.39, 0.29) is 6.21 Å². The Morgan fingerprint density at radius 2 is 1.74 bits per heavy atom. The molecule has 0 heterocycles. The predicted octanol–water partition coefficient (Wildman–Crippen LogP) is 8.24. The van der Waals surface area contributed by atoms with Crippen LogP contribution in [0.3, 0.4) is 0 Å². The second kappa shape index (κ2) is 17.6. The van der Waals surface area contributed by atoms with Gasteiger partial charge in [0.25, 0.3) is 0 Å². The maximum absolute atomic E-state index is 12.1. The lowest BCUT2D eigenvalue weighted by molar-refractivity contribution is -0.121. The average molecular weight is 553 g/mol. The van der Waals surface area contributed by atoms with E-state index in [1.54, 1.807) is 0 Å². The molecule has 0 radical (unpaired) electrons. The molecule has 0 saturated heterocycles. The minimum absolute atomic E-state index is 0.204. The second-order valence-electron chi connectivity index (χ2n) is 8.86. The SMILES string of the molecule is CC.CC(C)(C=O)O/C=C/C=C(\C=N)C(F)(F)F.CNC(C)C(Cc1ccc(Cl)cc1)c1cccc(C)c1. The van der Waals surface area contributed by atoms with Crippen LogP contribution in [0.4, 0.5) is 13.2 Å². The Morgan fingerprint density at radius 1 is 1.13 bits per heavy atom. The summed E-state index contributed by atoms with van der Waals surface area (Å²) in [5, 5.41) is 10.7. The summed E-state index contributed by atoms with van der Waals surface area (Å²) in [6.45, 7) is 11.3. The van der Waals surface area contributed by atoms with Gasteiger partial charge in [0.1, 0.15) is 0 Å². The molecule has 2 rings (SSSR count). The third-order valence-electron chi connectivity index (χ3n) is 5.39. The molecular weight excluding hydrogens is 513 g/mol. The number of alkyl halides is 3. The maximum Gasteiger partial charge on any atom is 0.417 e. The molecule has 0 saturated carbocycles. The van der Waals surface area contributed by atoms with Crippen LogP contribution in [0.2, 0.25) is 5.02 Å². The first-order chi connectivity index (χ1) is 17.8. The van der Waals surface area contributed by atoms with Crippen molar-refractivity contribution in [1.29, 1.82) is 5.41 Å². The fourth-order valence-electron chi connectivity index (χ4n) is 3.17. The van der Waals surface area contributed by atoms with Gasteiger partial charge in [-0.1, -0.05) is 67.4 Å². The average Bonchev–Trinajstić information content (AvgIpc) is 2.88. The van der Waals surface area contributed by atoms with Gasteiger partial charge in [-0.3, -0.25) is 4.79 Å². The van der Waals surface area contributed by atoms with Gasteiger partial charge in [-0.25, -0.2) is 0 Å². The molecule has 0 bridgehead atoms. The van der Waals surface area contributed by atoms with Gasteiger partial charge in [-0.05, 0) is 76.6 Å². The van der Waals surface area contributed by atoms with E-state index in [2.05, 4.69) is 55.6 Å². The van der Waals surface area contributed by atoms with Crippen LogP contribution < -0.4 is 5.32 Å². The van der Waals surface area contributed by atoms with E-state index in [0.717, 1.165) is 23.8 Å². The molecule has 0 fully saturated rings. The Hall–Kier alpha value is -2.90. The van der Waals surface area contributed by atoms with Crippen molar-refractivity contribution < 1.29 is 22.7 Å². The number of hydrogen-bond acceptors (Lipinski definition) is 4. The largest absolute Gasteiger partial charge is 0.488 e. The van der Waals surface area contributed by atoms with Crippen LogP contribution in [0.25, 0.3) is 0 Å². The van der Waals surface area contributed by atoms with Crippen molar-refractivity contribution in [3.63, 3.8) is 0 Å². The molecule has 2 N–H and O–H groups in total. The van der Waals surface area contributed by atoms with E-state index < -0.39 is 17.4 Å². The van der Waals surface area contributed by atoms with Crippen molar-refractivity contribution in [3.8, 4) is 0 Å². The second-order valence-corrected chi connectivity index (χ2v) is 9.30. The van der Waals surface area contributed by atoms with Gasteiger partial charge in [-0.2, -0.15) is 13.2 Å².